The molecular formula is C13H23N3O2. The number of carbonyl (C=O) groups is 2. The molecule has 0 radical (unpaired) electrons. The van der Waals surface area contributed by atoms with Crippen molar-refractivity contribution in [2.45, 2.75) is 38.6 Å². The third-order valence-corrected chi connectivity index (χ3v) is 3.81. The third-order valence-electron chi connectivity index (χ3n) is 3.81. The average molecular weight is 253 g/mol. The van der Waals surface area contributed by atoms with E-state index in [9.17, 15) is 9.59 Å². The first-order chi connectivity index (χ1) is 8.74. The van der Waals surface area contributed by atoms with E-state index in [0.717, 1.165) is 39.0 Å². The lowest BCUT2D eigenvalue weighted by atomic mass is 10.0. The molecule has 5 heteroatoms. The Hall–Kier alpha value is -0.940. The predicted molar refractivity (Wildman–Crippen MR) is 69.1 cm³/mol. The number of unbranched alkanes of at least 4 members (excludes halogenated alkanes) is 1. The van der Waals surface area contributed by atoms with Gasteiger partial charge >= 0.3 is 0 Å². The zero-order chi connectivity index (χ0) is 13.0. The van der Waals surface area contributed by atoms with E-state index in [1.807, 2.05) is 0 Å². The molecule has 0 aromatic rings. The summed E-state index contributed by atoms with van der Waals surface area (Å²) in [5.74, 6) is 0.0430. The summed E-state index contributed by atoms with van der Waals surface area (Å²) in [7, 11) is 0. The predicted octanol–water partition coefficient (Wildman–Crippen LogP) is 0.209. The van der Waals surface area contributed by atoms with Crippen LogP contribution in [0.5, 0.6) is 0 Å². The molecule has 0 saturated carbocycles. The van der Waals surface area contributed by atoms with E-state index < -0.39 is 0 Å². The van der Waals surface area contributed by atoms with Crippen LogP contribution in [0.1, 0.15) is 32.6 Å². The second kappa shape index (κ2) is 6.29. The highest BCUT2D eigenvalue weighted by Gasteiger charge is 2.37. The summed E-state index contributed by atoms with van der Waals surface area (Å²) in [5, 5.41) is 3.29. The van der Waals surface area contributed by atoms with Crippen LogP contribution in [0.3, 0.4) is 0 Å². The maximum atomic E-state index is 12.4. The molecule has 2 amide bonds. The summed E-state index contributed by atoms with van der Waals surface area (Å²) in [6.45, 7) is 6.36. The quantitative estimate of drug-likeness (QED) is 0.728. The van der Waals surface area contributed by atoms with Crippen LogP contribution in [0.2, 0.25) is 0 Å². The first-order valence-electron chi connectivity index (χ1n) is 7.03. The van der Waals surface area contributed by atoms with Crippen molar-refractivity contribution in [1.29, 1.82) is 0 Å². The van der Waals surface area contributed by atoms with Crippen molar-refractivity contribution in [2.24, 2.45) is 0 Å². The minimum absolute atomic E-state index is 0.0137. The van der Waals surface area contributed by atoms with Gasteiger partial charge in [0, 0.05) is 39.1 Å². The van der Waals surface area contributed by atoms with Crippen molar-refractivity contribution in [3.8, 4) is 0 Å². The van der Waals surface area contributed by atoms with Crippen LogP contribution >= 0.6 is 0 Å². The van der Waals surface area contributed by atoms with Crippen molar-refractivity contribution in [3.63, 3.8) is 0 Å². The number of rotatable bonds is 4. The van der Waals surface area contributed by atoms with Crippen molar-refractivity contribution < 1.29 is 9.59 Å². The lowest BCUT2D eigenvalue weighted by Crippen LogP contribution is -2.58. The molecule has 0 bridgehead atoms. The van der Waals surface area contributed by atoms with Gasteiger partial charge in [0.1, 0.15) is 0 Å². The van der Waals surface area contributed by atoms with E-state index in [4.69, 9.17) is 0 Å². The largest absolute Gasteiger partial charge is 0.314 e. The molecule has 2 aliphatic heterocycles. The molecule has 0 aromatic heterocycles. The van der Waals surface area contributed by atoms with Crippen LogP contribution in [-0.4, -0.2) is 60.4 Å². The monoisotopic (exact) mass is 253 g/mol. The van der Waals surface area contributed by atoms with Gasteiger partial charge in [-0.25, -0.2) is 0 Å². The molecule has 2 fully saturated rings. The van der Waals surface area contributed by atoms with E-state index in [-0.39, 0.29) is 17.9 Å². The van der Waals surface area contributed by atoms with Gasteiger partial charge in [0.25, 0.3) is 0 Å². The fourth-order valence-corrected chi connectivity index (χ4v) is 2.71. The highest BCUT2D eigenvalue weighted by Crippen LogP contribution is 2.19. The van der Waals surface area contributed by atoms with Gasteiger partial charge in [0.15, 0.2) is 0 Å². The first-order valence-corrected chi connectivity index (χ1v) is 7.03. The minimum atomic E-state index is -0.0679. The van der Waals surface area contributed by atoms with Gasteiger partial charge in [0.2, 0.25) is 11.8 Å². The maximum Gasteiger partial charge on any atom is 0.246 e. The summed E-state index contributed by atoms with van der Waals surface area (Å²) in [4.78, 5) is 27.9. The van der Waals surface area contributed by atoms with Crippen LogP contribution in [0.25, 0.3) is 0 Å². The molecule has 2 heterocycles. The lowest BCUT2D eigenvalue weighted by molar-refractivity contribution is -0.153. The molecule has 1 unspecified atom stereocenters. The summed E-state index contributed by atoms with van der Waals surface area (Å²) in [5.41, 5.74) is 0. The number of carbonyl (C=O) groups excluding carboxylic acids is 2. The Balaban J connectivity index is 1.99. The zero-order valence-corrected chi connectivity index (χ0v) is 11.2. The van der Waals surface area contributed by atoms with Gasteiger partial charge < -0.3 is 5.32 Å². The molecule has 2 saturated heterocycles. The Bertz CT molecular complexity index is 313. The van der Waals surface area contributed by atoms with Gasteiger partial charge in [-0.05, 0) is 12.8 Å². The number of likely N-dealkylation sites (tertiary alicyclic amines) is 1. The summed E-state index contributed by atoms with van der Waals surface area (Å²) < 4.78 is 0. The van der Waals surface area contributed by atoms with E-state index in [1.165, 1.54) is 4.90 Å². The minimum Gasteiger partial charge on any atom is -0.314 e. The van der Waals surface area contributed by atoms with E-state index in [1.54, 1.807) is 0 Å². The normalized spacial score (nSPS) is 26.7. The highest BCUT2D eigenvalue weighted by atomic mass is 16.2. The number of nitrogens with zero attached hydrogens (tertiary/aromatic N) is 2. The number of nitrogens with one attached hydrogen (secondary N) is 1. The second-order valence-corrected chi connectivity index (χ2v) is 5.08. The molecule has 0 aliphatic carbocycles. The molecule has 1 atom stereocenters. The van der Waals surface area contributed by atoms with Gasteiger partial charge in [-0.3, -0.25) is 19.4 Å². The first kappa shape index (κ1) is 13.5. The molecule has 0 aromatic carbocycles. The van der Waals surface area contributed by atoms with Crippen molar-refractivity contribution in [2.75, 3.05) is 32.7 Å². The molecule has 18 heavy (non-hydrogen) atoms. The van der Waals surface area contributed by atoms with Gasteiger partial charge in [0.05, 0.1) is 6.04 Å². The lowest BCUT2D eigenvalue weighted by Gasteiger charge is -2.39. The van der Waals surface area contributed by atoms with Crippen LogP contribution in [0.4, 0.5) is 0 Å². The van der Waals surface area contributed by atoms with Crippen LogP contribution in [0.15, 0.2) is 0 Å². The second-order valence-electron chi connectivity index (χ2n) is 5.08. The molecule has 0 spiro atoms. The van der Waals surface area contributed by atoms with E-state index >= 15 is 0 Å². The Morgan fingerprint density at radius 1 is 1.28 bits per heavy atom. The summed E-state index contributed by atoms with van der Waals surface area (Å²) in [6, 6.07) is -0.0679. The van der Waals surface area contributed by atoms with Crippen molar-refractivity contribution >= 4 is 11.8 Å². The number of piperidine rings is 1. The Kier molecular flexibility index (Phi) is 4.72. The van der Waals surface area contributed by atoms with Crippen LogP contribution < -0.4 is 5.32 Å². The molecule has 2 rings (SSSR count). The number of hydrogen-bond acceptors (Lipinski definition) is 4. The average Bonchev–Trinajstić information content (AvgIpc) is 2.40. The van der Waals surface area contributed by atoms with Crippen molar-refractivity contribution in [3.05, 3.63) is 0 Å². The maximum absolute atomic E-state index is 12.4. The highest BCUT2D eigenvalue weighted by molar-refractivity contribution is 6.00. The zero-order valence-electron chi connectivity index (χ0n) is 11.2. The topological polar surface area (TPSA) is 52.7 Å². The fourth-order valence-electron chi connectivity index (χ4n) is 2.71. The molecule has 1 N–H and O–H groups in total. The molecule has 2 aliphatic rings. The van der Waals surface area contributed by atoms with Crippen LogP contribution in [-0.2, 0) is 9.59 Å². The number of piperazine rings is 1. The smallest absolute Gasteiger partial charge is 0.246 e. The Morgan fingerprint density at radius 3 is 2.67 bits per heavy atom. The van der Waals surface area contributed by atoms with E-state index in [0.29, 0.717) is 19.4 Å². The summed E-state index contributed by atoms with van der Waals surface area (Å²) in [6.07, 6.45) is 3.13. The number of imide groups is 1. The third kappa shape index (κ3) is 2.90. The molecule has 102 valence electrons. The van der Waals surface area contributed by atoms with E-state index in [2.05, 4.69) is 17.1 Å². The number of amides is 2. The van der Waals surface area contributed by atoms with Gasteiger partial charge in [-0.15, -0.1) is 0 Å². The van der Waals surface area contributed by atoms with Gasteiger partial charge in [-0.1, -0.05) is 13.3 Å². The van der Waals surface area contributed by atoms with Crippen LogP contribution in [0, 0.1) is 0 Å². The van der Waals surface area contributed by atoms with Crippen molar-refractivity contribution in [1.82, 2.24) is 15.1 Å². The Labute approximate surface area is 108 Å². The van der Waals surface area contributed by atoms with Gasteiger partial charge in [-0.2, -0.15) is 0 Å². The number of hydrogen-bond donors (Lipinski definition) is 1. The fraction of sp³-hybridized carbons (Fsp3) is 0.846. The molecule has 5 nitrogen and oxygen atoms in total. The standard InChI is InChI=1S/C13H23N3O2/c1-2-3-8-16-12(17)5-4-11(13(16)18)15-9-6-14-7-10-15/h11,14H,2-10H2,1H3. The Morgan fingerprint density at radius 2 is 2.00 bits per heavy atom. The molecular weight excluding hydrogens is 230 g/mol. The summed E-state index contributed by atoms with van der Waals surface area (Å²) >= 11 is 0. The SMILES string of the molecule is CCCCN1C(=O)CCC(N2CCNCC2)C1=O.